The summed E-state index contributed by atoms with van der Waals surface area (Å²) in [6.45, 7) is 1.56. The van der Waals surface area contributed by atoms with Crippen molar-refractivity contribution >= 4 is 21.7 Å². The zero-order valence-electron chi connectivity index (χ0n) is 12.3. The standard InChI is InChI=1S/C15H14FNO5S/c1-9-3-5-11(8-12(9)15(18)19)23(20,21)17-10-4-6-14(22-2)13(16)7-10/h3-8,17H,1-2H3,(H,18,19). The lowest BCUT2D eigenvalue weighted by Gasteiger charge is -2.11. The topological polar surface area (TPSA) is 92.7 Å². The first-order valence-electron chi connectivity index (χ1n) is 6.45. The summed E-state index contributed by atoms with van der Waals surface area (Å²) in [4.78, 5) is 10.9. The summed E-state index contributed by atoms with van der Waals surface area (Å²) in [7, 11) is -2.75. The van der Waals surface area contributed by atoms with Gasteiger partial charge in [-0.15, -0.1) is 0 Å². The van der Waals surface area contributed by atoms with Crippen molar-refractivity contribution < 1.29 is 27.4 Å². The van der Waals surface area contributed by atoms with Gasteiger partial charge < -0.3 is 9.84 Å². The summed E-state index contributed by atoms with van der Waals surface area (Å²) in [5.41, 5.74) is 0.321. The number of methoxy groups -OCH3 is 1. The maximum atomic E-state index is 13.6. The fourth-order valence-corrected chi connectivity index (χ4v) is 3.02. The number of anilines is 1. The summed E-state index contributed by atoms with van der Waals surface area (Å²) in [5.74, 6) is -1.96. The van der Waals surface area contributed by atoms with E-state index in [2.05, 4.69) is 4.72 Å². The minimum atomic E-state index is -4.04. The highest BCUT2D eigenvalue weighted by molar-refractivity contribution is 7.92. The number of halogens is 1. The van der Waals surface area contributed by atoms with Crippen LogP contribution in [0.4, 0.5) is 10.1 Å². The van der Waals surface area contributed by atoms with Crippen LogP contribution in [0, 0.1) is 12.7 Å². The first kappa shape index (κ1) is 16.8. The molecule has 6 nitrogen and oxygen atoms in total. The van der Waals surface area contributed by atoms with Gasteiger partial charge in [0.15, 0.2) is 11.6 Å². The molecule has 0 radical (unpaired) electrons. The molecule has 2 N–H and O–H groups in total. The van der Waals surface area contributed by atoms with Crippen LogP contribution < -0.4 is 9.46 Å². The Morgan fingerprint density at radius 2 is 1.91 bits per heavy atom. The number of carboxylic acid groups (broad SMARTS) is 1. The largest absolute Gasteiger partial charge is 0.494 e. The van der Waals surface area contributed by atoms with E-state index in [4.69, 9.17) is 9.84 Å². The Labute approximate surface area is 132 Å². The molecule has 2 rings (SSSR count). The molecule has 0 saturated carbocycles. The lowest BCUT2D eigenvalue weighted by Crippen LogP contribution is -2.14. The van der Waals surface area contributed by atoms with Crippen LogP contribution in [-0.2, 0) is 10.0 Å². The van der Waals surface area contributed by atoms with Gasteiger partial charge in [0.05, 0.1) is 23.3 Å². The van der Waals surface area contributed by atoms with Gasteiger partial charge in [-0.2, -0.15) is 0 Å². The van der Waals surface area contributed by atoms with Crippen LogP contribution in [-0.4, -0.2) is 26.6 Å². The second kappa shape index (κ2) is 6.25. The van der Waals surface area contributed by atoms with Crippen molar-refractivity contribution in [2.45, 2.75) is 11.8 Å². The number of rotatable bonds is 5. The number of aromatic carboxylic acids is 1. The van der Waals surface area contributed by atoms with Gasteiger partial charge >= 0.3 is 5.97 Å². The summed E-state index contributed by atoms with van der Waals surface area (Å²) in [6.07, 6.45) is 0. The summed E-state index contributed by atoms with van der Waals surface area (Å²) >= 11 is 0. The number of carboxylic acids is 1. The average molecular weight is 339 g/mol. The van der Waals surface area contributed by atoms with Crippen molar-refractivity contribution in [3.63, 3.8) is 0 Å². The van der Waals surface area contributed by atoms with Crippen LogP contribution in [0.15, 0.2) is 41.3 Å². The molecule has 0 bridgehead atoms. The molecule has 2 aromatic rings. The predicted octanol–water partition coefficient (Wildman–Crippen LogP) is 2.64. The van der Waals surface area contributed by atoms with E-state index in [0.29, 0.717) is 5.56 Å². The van der Waals surface area contributed by atoms with Gasteiger partial charge in [0, 0.05) is 6.07 Å². The van der Waals surface area contributed by atoms with E-state index in [1.165, 1.54) is 31.4 Å². The van der Waals surface area contributed by atoms with Crippen molar-refractivity contribution in [2.24, 2.45) is 0 Å². The molecule has 8 heteroatoms. The van der Waals surface area contributed by atoms with Crippen LogP contribution in [0.1, 0.15) is 15.9 Å². The van der Waals surface area contributed by atoms with Gasteiger partial charge in [-0.25, -0.2) is 17.6 Å². The second-order valence-corrected chi connectivity index (χ2v) is 6.42. The minimum absolute atomic E-state index is 0.000694. The molecule has 0 saturated heterocycles. The Morgan fingerprint density at radius 1 is 1.22 bits per heavy atom. The number of carbonyl (C=O) groups is 1. The monoisotopic (exact) mass is 339 g/mol. The maximum Gasteiger partial charge on any atom is 0.335 e. The van der Waals surface area contributed by atoms with Crippen molar-refractivity contribution in [1.29, 1.82) is 0 Å². The summed E-state index contributed by atoms with van der Waals surface area (Å²) in [6, 6.07) is 7.33. The third kappa shape index (κ3) is 3.59. The molecule has 0 atom stereocenters. The molecule has 0 amide bonds. The third-order valence-electron chi connectivity index (χ3n) is 3.15. The number of benzene rings is 2. The van der Waals surface area contributed by atoms with Crippen LogP contribution in [0.2, 0.25) is 0 Å². The Kier molecular flexibility index (Phi) is 4.55. The number of hydrogen-bond donors (Lipinski definition) is 2. The second-order valence-electron chi connectivity index (χ2n) is 4.74. The summed E-state index contributed by atoms with van der Waals surface area (Å²) in [5, 5.41) is 9.06. The molecule has 23 heavy (non-hydrogen) atoms. The number of nitrogens with one attached hydrogen (secondary N) is 1. The molecule has 2 aromatic carbocycles. The van der Waals surface area contributed by atoms with Gasteiger partial charge in [0.1, 0.15) is 0 Å². The Morgan fingerprint density at radius 3 is 2.48 bits per heavy atom. The first-order chi connectivity index (χ1) is 10.7. The first-order valence-corrected chi connectivity index (χ1v) is 7.93. The Balaban J connectivity index is 2.37. The average Bonchev–Trinajstić information content (AvgIpc) is 2.47. The van der Waals surface area contributed by atoms with E-state index >= 15 is 0 Å². The lowest BCUT2D eigenvalue weighted by atomic mass is 10.1. The van der Waals surface area contributed by atoms with E-state index in [9.17, 15) is 17.6 Å². The zero-order valence-corrected chi connectivity index (χ0v) is 13.1. The molecule has 0 fully saturated rings. The van der Waals surface area contributed by atoms with Crippen molar-refractivity contribution in [3.8, 4) is 5.75 Å². The van der Waals surface area contributed by atoms with E-state index in [1.54, 1.807) is 6.92 Å². The molecule has 0 aliphatic heterocycles. The lowest BCUT2D eigenvalue weighted by molar-refractivity contribution is 0.0696. The van der Waals surface area contributed by atoms with Crippen LogP contribution >= 0.6 is 0 Å². The molecule has 0 spiro atoms. The van der Waals surface area contributed by atoms with Crippen LogP contribution in [0.25, 0.3) is 0 Å². The smallest absolute Gasteiger partial charge is 0.335 e. The van der Waals surface area contributed by atoms with Crippen LogP contribution in [0.5, 0.6) is 5.75 Å². The molecule has 0 heterocycles. The van der Waals surface area contributed by atoms with Gasteiger partial charge in [-0.05, 0) is 36.8 Å². The fourth-order valence-electron chi connectivity index (χ4n) is 1.94. The van der Waals surface area contributed by atoms with Gasteiger partial charge in [0.25, 0.3) is 10.0 Å². The zero-order chi connectivity index (χ0) is 17.2. The maximum absolute atomic E-state index is 13.6. The molecule has 0 aromatic heterocycles. The van der Waals surface area contributed by atoms with Gasteiger partial charge in [-0.3, -0.25) is 4.72 Å². The highest BCUT2D eigenvalue weighted by atomic mass is 32.2. The quantitative estimate of drug-likeness (QED) is 0.873. The van der Waals surface area contributed by atoms with Gasteiger partial charge in [-0.1, -0.05) is 6.07 Å². The number of aryl methyl sites for hydroxylation is 1. The molecule has 0 aliphatic rings. The molecular weight excluding hydrogens is 325 g/mol. The third-order valence-corrected chi connectivity index (χ3v) is 4.53. The summed E-state index contributed by atoms with van der Waals surface area (Å²) < 4.78 is 45.2. The SMILES string of the molecule is COc1ccc(NS(=O)(=O)c2ccc(C)c(C(=O)O)c2)cc1F. The number of ether oxygens (including phenoxy) is 1. The van der Waals surface area contributed by atoms with Gasteiger partial charge in [0.2, 0.25) is 0 Å². The minimum Gasteiger partial charge on any atom is -0.494 e. The normalized spacial score (nSPS) is 11.1. The fraction of sp³-hybridized carbons (Fsp3) is 0.133. The highest BCUT2D eigenvalue weighted by Gasteiger charge is 2.18. The van der Waals surface area contributed by atoms with E-state index in [1.807, 2.05) is 0 Å². The Hall–Kier alpha value is -2.61. The van der Waals surface area contributed by atoms with Crippen molar-refractivity contribution in [2.75, 3.05) is 11.8 Å². The van der Waals surface area contributed by atoms with E-state index < -0.39 is 21.8 Å². The predicted molar refractivity (Wildman–Crippen MR) is 81.9 cm³/mol. The van der Waals surface area contributed by atoms with E-state index in [0.717, 1.165) is 12.1 Å². The molecule has 0 aliphatic carbocycles. The number of hydrogen-bond acceptors (Lipinski definition) is 4. The van der Waals surface area contributed by atoms with Crippen molar-refractivity contribution in [1.82, 2.24) is 0 Å². The van der Waals surface area contributed by atoms with Crippen molar-refractivity contribution in [3.05, 3.63) is 53.3 Å². The highest BCUT2D eigenvalue weighted by Crippen LogP contribution is 2.24. The Bertz CT molecular complexity index is 864. The van der Waals surface area contributed by atoms with E-state index in [-0.39, 0.29) is 21.9 Å². The molecule has 122 valence electrons. The molecular formula is C15H14FNO5S. The molecule has 0 unspecified atom stereocenters. The van der Waals surface area contributed by atoms with Crippen LogP contribution in [0.3, 0.4) is 0 Å². The number of sulfonamides is 1.